The van der Waals surface area contributed by atoms with E-state index in [1.54, 1.807) is 24.9 Å². The molecule has 5 heteroatoms. The number of carbonyl (C=O) groups excluding carboxylic acids is 1. The first-order valence-corrected chi connectivity index (χ1v) is 6.19. The van der Waals surface area contributed by atoms with Crippen molar-refractivity contribution in [2.24, 2.45) is 0 Å². The summed E-state index contributed by atoms with van der Waals surface area (Å²) in [5.74, 6) is 0.569. The lowest BCUT2D eigenvalue weighted by Crippen LogP contribution is -2.22. The van der Waals surface area contributed by atoms with Crippen LogP contribution < -0.4 is 10.1 Å². The van der Waals surface area contributed by atoms with Crippen LogP contribution in [-0.2, 0) is 4.74 Å². The molecule has 0 radical (unpaired) electrons. The third-order valence-corrected chi connectivity index (χ3v) is 3.12. The van der Waals surface area contributed by atoms with Crippen LogP contribution in [0.2, 0.25) is 0 Å². The van der Waals surface area contributed by atoms with E-state index in [4.69, 9.17) is 9.47 Å². The first-order valence-electron chi connectivity index (χ1n) is 5.31. The van der Waals surface area contributed by atoms with Crippen molar-refractivity contribution < 1.29 is 14.3 Å². The molecule has 0 saturated carbocycles. The maximum absolute atomic E-state index is 11.2. The fourth-order valence-electron chi connectivity index (χ4n) is 1.27. The minimum Gasteiger partial charge on any atom is -0.409 e. The van der Waals surface area contributed by atoms with Crippen molar-refractivity contribution >= 4 is 17.9 Å². The first-order chi connectivity index (χ1) is 8.17. The van der Waals surface area contributed by atoms with Crippen molar-refractivity contribution in [3.8, 4) is 5.75 Å². The van der Waals surface area contributed by atoms with Gasteiger partial charge in [-0.15, -0.1) is 11.8 Å². The molecule has 0 aromatic heterocycles. The highest BCUT2D eigenvalue weighted by Crippen LogP contribution is 2.32. The van der Waals surface area contributed by atoms with E-state index in [1.165, 1.54) is 7.05 Å². The van der Waals surface area contributed by atoms with Gasteiger partial charge >= 0.3 is 6.09 Å². The molecule has 1 unspecified atom stereocenters. The quantitative estimate of drug-likeness (QED) is 0.821. The Kier molecular flexibility index (Phi) is 5.86. The van der Waals surface area contributed by atoms with Crippen LogP contribution in [0.3, 0.4) is 0 Å². The van der Waals surface area contributed by atoms with E-state index < -0.39 is 6.09 Å². The molecule has 1 aromatic carbocycles. The van der Waals surface area contributed by atoms with Crippen LogP contribution in [0.25, 0.3) is 0 Å². The molecule has 1 aromatic rings. The molecule has 0 bridgehead atoms. The van der Waals surface area contributed by atoms with Crippen LogP contribution in [0.5, 0.6) is 5.75 Å². The fourth-order valence-corrected chi connectivity index (χ4v) is 2.29. The van der Waals surface area contributed by atoms with Crippen LogP contribution in [-0.4, -0.2) is 32.1 Å². The van der Waals surface area contributed by atoms with E-state index in [2.05, 4.69) is 12.2 Å². The lowest BCUT2D eigenvalue weighted by Gasteiger charge is -2.13. The SMILES string of the molecule is CNC(=O)Oc1ccccc1SC(C)COC. The average Bonchev–Trinajstić information content (AvgIpc) is 2.31. The summed E-state index contributed by atoms with van der Waals surface area (Å²) in [6.07, 6.45) is -0.461. The maximum atomic E-state index is 11.2. The Bertz CT molecular complexity index is 371. The molecule has 0 fully saturated rings. The predicted octanol–water partition coefficient (Wildman–Crippen LogP) is 2.53. The topological polar surface area (TPSA) is 47.6 Å². The van der Waals surface area contributed by atoms with Crippen LogP contribution in [0.15, 0.2) is 29.2 Å². The first kappa shape index (κ1) is 13.9. The molecule has 0 heterocycles. The number of methoxy groups -OCH3 is 1. The summed E-state index contributed by atoms with van der Waals surface area (Å²) in [4.78, 5) is 12.1. The van der Waals surface area contributed by atoms with Gasteiger partial charge in [0.05, 0.1) is 11.5 Å². The van der Waals surface area contributed by atoms with Gasteiger partial charge < -0.3 is 14.8 Å². The van der Waals surface area contributed by atoms with Gasteiger partial charge in [0.15, 0.2) is 0 Å². The zero-order chi connectivity index (χ0) is 12.7. The second kappa shape index (κ2) is 7.19. The monoisotopic (exact) mass is 255 g/mol. The number of nitrogens with one attached hydrogen (secondary N) is 1. The van der Waals surface area contributed by atoms with Crippen molar-refractivity contribution in [3.63, 3.8) is 0 Å². The molecule has 1 rings (SSSR count). The lowest BCUT2D eigenvalue weighted by molar-refractivity contribution is 0.201. The van der Waals surface area contributed by atoms with Gasteiger partial charge in [-0.25, -0.2) is 4.79 Å². The number of para-hydroxylation sites is 1. The number of amides is 1. The van der Waals surface area contributed by atoms with Gasteiger partial charge in [0.2, 0.25) is 0 Å². The van der Waals surface area contributed by atoms with Gasteiger partial charge in [-0.2, -0.15) is 0 Å². The summed E-state index contributed by atoms with van der Waals surface area (Å²) in [6, 6.07) is 7.45. The summed E-state index contributed by atoms with van der Waals surface area (Å²) in [5, 5.41) is 2.72. The summed E-state index contributed by atoms with van der Waals surface area (Å²) in [6.45, 7) is 2.71. The molecule has 4 nitrogen and oxygen atoms in total. The smallest absolute Gasteiger partial charge is 0.409 e. The normalized spacial score (nSPS) is 11.9. The number of hydrogen-bond acceptors (Lipinski definition) is 4. The van der Waals surface area contributed by atoms with E-state index in [0.29, 0.717) is 17.6 Å². The number of rotatable bonds is 5. The van der Waals surface area contributed by atoms with Crippen LogP contribution in [0.1, 0.15) is 6.92 Å². The Morgan fingerprint density at radius 1 is 1.47 bits per heavy atom. The molecule has 1 atom stereocenters. The largest absolute Gasteiger partial charge is 0.412 e. The number of ether oxygens (including phenoxy) is 2. The van der Waals surface area contributed by atoms with Crippen molar-refractivity contribution in [2.75, 3.05) is 20.8 Å². The van der Waals surface area contributed by atoms with Crippen molar-refractivity contribution in [1.29, 1.82) is 0 Å². The molecule has 1 N–H and O–H groups in total. The third kappa shape index (κ3) is 4.66. The average molecular weight is 255 g/mol. The van der Waals surface area contributed by atoms with Crippen molar-refractivity contribution in [3.05, 3.63) is 24.3 Å². The highest BCUT2D eigenvalue weighted by molar-refractivity contribution is 8.00. The number of hydrogen-bond donors (Lipinski definition) is 1. The molecule has 94 valence electrons. The molecular formula is C12H17NO3S. The van der Waals surface area contributed by atoms with E-state index in [-0.39, 0.29) is 0 Å². The van der Waals surface area contributed by atoms with Gasteiger partial charge in [0.1, 0.15) is 5.75 Å². The van der Waals surface area contributed by atoms with Crippen molar-refractivity contribution in [2.45, 2.75) is 17.1 Å². The van der Waals surface area contributed by atoms with E-state index in [1.807, 2.05) is 18.2 Å². The summed E-state index contributed by atoms with van der Waals surface area (Å²) < 4.78 is 10.2. The molecule has 0 aliphatic heterocycles. The Hall–Kier alpha value is -1.20. The van der Waals surface area contributed by atoms with E-state index >= 15 is 0 Å². The molecular weight excluding hydrogens is 238 g/mol. The van der Waals surface area contributed by atoms with Crippen LogP contribution in [0.4, 0.5) is 4.79 Å². The zero-order valence-corrected chi connectivity index (χ0v) is 11.0. The van der Waals surface area contributed by atoms with E-state index in [9.17, 15) is 4.79 Å². The van der Waals surface area contributed by atoms with Crippen LogP contribution >= 0.6 is 11.8 Å². The van der Waals surface area contributed by atoms with Gasteiger partial charge in [-0.3, -0.25) is 0 Å². The molecule has 0 aliphatic carbocycles. The Morgan fingerprint density at radius 2 is 2.18 bits per heavy atom. The minimum absolute atomic E-state index is 0.300. The maximum Gasteiger partial charge on any atom is 0.412 e. The summed E-state index contributed by atoms with van der Waals surface area (Å²) in [7, 11) is 3.20. The standard InChI is InChI=1S/C12H17NO3S/c1-9(8-15-3)17-11-7-5-4-6-10(11)16-12(14)13-2/h4-7,9H,8H2,1-3H3,(H,13,14). The van der Waals surface area contributed by atoms with Gasteiger partial charge in [-0.1, -0.05) is 19.1 Å². The second-order valence-electron chi connectivity index (χ2n) is 3.47. The lowest BCUT2D eigenvalue weighted by atomic mass is 10.3. The van der Waals surface area contributed by atoms with Gasteiger partial charge in [0.25, 0.3) is 0 Å². The number of carbonyl (C=O) groups is 1. The van der Waals surface area contributed by atoms with E-state index in [0.717, 1.165) is 4.90 Å². The molecule has 1 amide bonds. The highest BCUT2D eigenvalue weighted by Gasteiger charge is 2.11. The predicted molar refractivity (Wildman–Crippen MR) is 68.7 cm³/mol. The Labute approximate surface area is 106 Å². The fraction of sp³-hybridized carbons (Fsp3) is 0.417. The van der Waals surface area contributed by atoms with Gasteiger partial charge in [-0.05, 0) is 12.1 Å². The molecule has 0 aliphatic rings. The zero-order valence-electron chi connectivity index (χ0n) is 10.2. The number of benzene rings is 1. The van der Waals surface area contributed by atoms with Crippen LogP contribution in [0, 0.1) is 0 Å². The molecule has 0 saturated heterocycles. The minimum atomic E-state index is -0.461. The third-order valence-electron chi connectivity index (χ3n) is 1.99. The Balaban J connectivity index is 2.73. The van der Waals surface area contributed by atoms with Crippen molar-refractivity contribution in [1.82, 2.24) is 5.32 Å². The summed E-state index contributed by atoms with van der Waals surface area (Å²) >= 11 is 1.62. The second-order valence-corrected chi connectivity index (χ2v) is 4.95. The number of thioether (sulfide) groups is 1. The molecule has 0 spiro atoms. The summed E-state index contributed by atoms with van der Waals surface area (Å²) in [5.41, 5.74) is 0. The van der Waals surface area contributed by atoms with Gasteiger partial charge in [0, 0.05) is 19.4 Å². The Morgan fingerprint density at radius 3 is 2.82 bits per heavy atom. The molecule has 17 heavy (non-hydrogen) atoms. The highest BCUT2D eigenvalue weighted by atomic mass is 32.2.